The maximum atomic E-state index is 16.9. The molecule has 5 fully saturated rings. The van der Waals surface area contributed by atoms with Crippen LogP contribution < -0.4 is 15.0 Å². The molecule has 0 amide bonds. The molecule has 6 heterocycles. The van der Waals surface area contributed by atoms with Crippen LogP contribution in [0.5, 0.6) is 11.8 Å². The molecular weight excluding hydrogens is 567 g/mol. The Morgan fingerprint density at radius 2 is 1.96 bits per heavy atom. The number of rotatable bonds is 6. The molecule has 2 bridgehead atoms. The van der Waals surface area contributed by atoms with Gasteiger partial charge in [0.15, 0.2) is 5.82 Å². The molecule has 5 aliphatic rings. The Kier molecular flexibility index (Phi) is 6.46. The minimum atomic E-state index is -0.507. The lowest BCUT2D eigenvalue weighted by Gasteiger charge is -2.35. The average Bonchev–Trinajstić information content (AvgIpc) is 3.81. The summed E-state index contributed by atoms with van der Waals surface area (Å²) in [6, 6.07) is 11.0. The Hall–Kier alpha value is -3.56. The van der Waals surface area contributed by atoms with Gasteiger partial charge in [-0.3, -0.25) is 9.88 Å². The average molecular weight is 609 g/mol. The van der Waals surface area contributed by atoms with Crippen molar-refractivity contribution in [2.45, 2.75) is 88.4 Å². The first-order valence-corrected chi connectivity index (χ1v) is 17.0. The summed E-state index contributed by atoms with van der Waals surface area (Å²) in [5.74, 6) is 1.03. The zero-order chi connectivity index (χ0) is 30.3. The van der Waals surface area contributed by atoms with Gasteiger partial charge in [0.05, 0.1) is 10.9 Å². The van der Waals surface area contributed by atoms with Crippen LogP contribution in [0.4, 0.5) is 10.2 Å². The molecule has 0 radical (unpaired) electrons. The number of benzene rings is 2. The molecule has 0 spiro atoms. The number of anilines is 1. The molecular formula is C36H41FN6O2. The number of phenolic OH excluding ortho intramolecular Hbond substituents is 1. The summed E-state index contributed by atoms with van der Waals surface area (Å²) < 4.78 is 23.5. The van der Waals surface area contributed by atoms with Gasteiger partial charge in [-0.2, -0.15) is 9.97 Å². The van der Waals surface area contributed by atoms with Crippen molar-refractivity contribution in [3.63, 3.8) is 0 Å². The highest BCUT2D eigenvalue weighted by Gasteiger charge is 2.55. The predicted octanol–water partition coefficient (Wildman–Crippen LogP) is 5.98. The van der Waals surface area contributed by atoms with Gasteiger partial charge in [0, 0.05) is 43.0 Å². The van der Waals surface area contributed by atoms with Gasteiger partial charge in [0.25, 0.3) is 0 Å². The van der Waals surface area contributed by atoms with Gasteiger partial charge in [-0.05, 0) is 92.3 Å². The second kappa shape index (κ2) is 10.5. The first-order chi connectivity index (χ1) is 22.0. The van der Waals surface area contributed by atoms with E-state index in [1.807, 2.05) is 12.1 Å². The Labute approximate surface area is 263 Å². The van der Waals surface area contributed by atoms with E-state index in [1.54, 1.807) is 18.3 Å². The van der Waals surface area contributed by atoms with Gasteiger partial charge in [0.2, 0.25) is 0 Å². The van der Waals surface area contributed by atoms with Crippen molar-refractivity contribution in [1.29, 1.82) is 0 Å². The Bertz CT molecular complexity index is 1800. The number of hydrogen-bond acceptors (Lipinski definition) is 8. The molecule has 5 atom stereocenters. The highest BCUT2D eigenvalue weighted by molar-refractivity contribution is 6.01. The second-order valence-corrected chi connectivity index (χ2v) is 14.2. The second-order valence-electron chi connectivity index (χ2n) is 14.2. The SMILES string of the molecule is CCc1cccc2cc(O)cc(-c3ncc4c(N5CC6CCC(C5)N6)nc(OCC56CCCN5C5CCCC5C6)nc4c3F)c12. The molecule has 1 aliphatic carbocycles. The van der Waals surface area contributed by atoms with Gasteiger partial charge in [-0.25, -0.2) is 4.39 Å². The van der Waals surface area contributed by atoms with Gasteiger partial charge in [-0.1, -0.05) is 31.5 Å². The van der Waals surface area contributed by atoms with Gasteiger partial charge >= 0.3 is 6.01 Å². The molecule has 5 unspecified atom stereocenters. The number of ether oxygens (including phenoxy) is 1. The van der Waals surface area contributed by atoms with E-state index in [0.717, 1.165) is 67.6 Å². The summed E-state index contributed by atoms with van der Waals surface area (Å²) in [6.07, 6.45) is 12.2. The first-order valence-electron chi connectivity index (χ1n) is 17.0. The fraction of sp³-hybridized carbons (Fsp3) is 0.528. The maximum Gasteiger partial charge on any atom is 0.319 e. The minimum absolute atomic E-state index is 0.0291. The van der Waals surface area contributed by atoms with E-state index < -0.39 is 5.82 Å². The number of aromatic hydroxyl groups is 1. The number of aromatic nitrogens is 3. The summed E-state index contributed by atoms with van der Waals surface area (Å²) in [5, 5.41) is 16.7. The van der Waals surface area contributed by atoms with Crippen LogP contribution in [-0.4, -0.2) is 74.9 Å². The summed E-state index contributed by atoms with van der Waals surface area (Å²) >= 11 is 0. The Morgan fingerprint density at radius 1 is 1.09 bits per heavy atom. The molecule has 45 heavy (non-hydrogen) atoms. The summed E-state index contributed by atoms with van der Waals surface area (Å²) in [6.45, 7) is 5.38. The first kappa shape index (κ1) is 27.7. The molecule has 4 aliphatic heterocycles. The fourth-order valence-electron chi connectivity index (χ4n) is 9.72. The molecule has 9 rings (SSSR count). The van der Waals surface area contributed by atoms with E-state index in [4.69, 9.17) is 19.7 Å². The number of hydrogen-bond donors (Lipinski definition) is 2. The zero-order valence-corrected chi connectivity index (χ0v) is 25.9. The predicted molar refractivity (Wildman–Crippen MR) is 173 cm³/mol. The number of phenols is 1. The van der Waals surface area contributed by atoms with Crippen molar-refractivity contribution in [1.82, 2.24) is 25.2 Å². The number of nitrogens with zero attached hydrogens (tertiary/aromatic N) is 5. The number of halogens is 1. The molecule has 1 saturated carbocycles. The zero-order valence-electron chi connectivity index (χ0n) is 25.9. The van der Waals surface area contributed by atoms with Gasteiger partial charge in [-0.15, -0.1) is 0 Å². The van der Waals surface area contributed by atoms with E-state index in [1.165, 1.54) is 32.1 Å². The third-order valence-electron chi connectivity index (χ3n) is 11.6. The van der Waals surface area contributed by atoms with Crippen LogP contribution in [0.25, 0.3) is 32.9 Å². The standard InChI is InChI=1S/C36H41FN6O2/c1-2-21-6-3-7-22-14-26(44)15-27(30(21)22)32-31(37)33-28(17-38-32)34(42-18-24-10-11-25(19-42)39-24)41-35(40-33)45-20-36-12-5-13-43(36)29-9-4-8-23(29)16-36/h3,6-7,14-15,17,23-25,29,39,44H,2,4-5,8-13,16,18-20H2,1H3. The van der Waals surface area contributed by atoms with Gasteiger partial charge in [0.1, 0.15) is 29.4 Å². The van der Waals surface area contributed by atoms with E-state index in [-0.39, 0.29) is 28.5 Å². The normalized spacial score (nSPS) is 29.2. The van der Waals surface area contributed by atoms with Crippen LogP contribution in [0, 0.1) is 11.7 Å². The molecule has 2 N–H and O–H groups in total. The van der Waals surface area contributed by atoms with Crippen molar-refractivity contribution in [3.8, 4) is 23.0 Å². The van der Waals surface area contributed by atoms with Crippen molar-refractivity contribution in [3.05, 3.63) is 47.9 Å². The number of pyridine rings is 1. The Balaban J connectivity index is 1.16. The molecule has 8 nitrogen and oxygen atoms in total. The lowest BCUT2D eigenvalue weighted by atomic mass is 9.90. The van der Waals surface area contributed by atoms with E-state index >= 15 is 4.39 Å². The minimum Gasteiger partial charge on any atom is -0.508 e. The topological polar surface area (TPSA) is 86.6 Å². The summed E-state index contributed by atoms with van der Waals surface area (Å²) in [5.41, 5.74) is 2.09. The van der Waals surface area contributed by atoms with E-state index in [0.29, 0.717) is 41.5 Å². The smallest absolute Gasteiger partial charge is 0.319 e. The van der Waals surface area contributed by atoms with Crippen LogP contribution in [0.3, 0.4) is 0 Å². The lowest BCUT2D eigenvalue weighted by molar-refractivity contribution is 0.0832. The van der Waals surface area contributed by atoms with Gasteiger partial charge < -0.3 is 20.1 Å². The molecule has 234 valence electrons. The van der Waals surface area contributed by atoms with Crippen LogP contribution in [0.2, 0.25) is 0 Å². The maximum absolute atomic E-state index is 16.9. The van der Waals surface area contributed by atoms with Crippen LogP contribution in [-0.2, 0) is 6.42 Å². The molecule has 9 heteroatoms. The third-order valence-corrected chi connectivity index (χ3v) is 11.6. The molecule has 2 aromatic heterocycles. The van der Waals surface area contributed by atoms with Crippen LogP contribution in [0.15, 0.2) is 36.5 Å². The summed E-state index contributed by atoms with van der Waals surface area (Å²) in [4.78, 5) is 19.5. The fourth-order valence-corrected chi connectivity index (χ4v) is 9.72. The van der Waals surface area contributed by atoms with Crippen molar-refractivity contribution in [2.24, 2.45) is 5.92 Å². The molecule has 2 aromatic carbocycles. The van der Waals surface area contributed by atoms with Crippen LogP contribution in [0.1, 0.15) is 63.9 Å². The number of aryl methyl sites for hydroxylation is 1. The third kappa shape index (κ3) is 4.41. The number of piperazine rings is 1. The van der Waals surface area contributed by atoms with Crippen molar-refractivity contribution < 1.29 is 14.2 Å². The monoisotopic (exact) mass is 608 g/mol. The highest BCUT2D eigenvalue weighted by atomic mass is 19.1. The molecule has 4 aromatic rings. The highest BCUT2D eigenvalue weighted by Crippen LogP contribution is 2.51. The quantitative estimate of drug-likeness (QED) is 0.277. The Morgan fingerprint density at radius 3 is 2.80 bits per heavy atom. The van der Waals surface area contributed by atoms with E-state index in [9.17, 15) is 5.11 Å². The van der Waals surface area contributed by atoms with Crippen molar-refractivity contribution in [2.75, 3.05) is 31.1 Å². The number of fused-ring (bicyclic) bond motifs is 7. The largest absolute Gasteiger partial charge is 0.508 e. The lowest BCUT2D eigenvalue weighted by Crippen LogP contribution is -2.51. The summed E-state index contributed by atoms with van der Waals surface area (Å²) in [7, 11) is 0. The van der Waals surface area contributed by atoms with E-state index in [2.05, 4.69) is 28.1 Å². The number of nitrogens with one attached hydrogen (secondary N) is 1. The van der Waals surface area contributed by atoms with Crippen molar-refractivity contribution >= 4 is 27.5 Å². The van der Waals surface area contributed by atoms with Crippen LogP contribution >= 0.6 is 0 Å². The molecule has 4 saturated heterocycles.